The van der Waals surface area contributed by atoms with E-state index in [4.69, 9.17) is 16.0 Å². The molecule has 0 atom stereocenters. The van der Waals surface area contributed by atoms with Crippen molar-refractivity contribution in [1.82, 2.24) is 0 Å². The summed E-state index contributed by atoms with van der Waals surface area (Å²) in [5.74, 6) is -3.24. The maximum absolute atomic E-state index is 13.8. The van der Waals surface area contributed by atoms with Crippen molar-refractivity contribution in [3.05, 3.63) is 29.3 Å². The van der Waals surface area contributed by atoms with Gasteiger partial charge in [-0.15, -0.1) is 0 Å². The van der Waals surface area contributed by atoms with E-state index >= 15 is 0 Å². The third-order valence-corrected chi connectivity index (χ3v) is 2.48. The zero-order chi connectivity index (χ0) is 16.2. The van der Waals surface area contributed by atoms with Crippen molar-refractivity contribution < 1.29 is 32.3 Å². The van der Waals surface area contributed by atoms with Crippen molar-refractivity contribution in [3.63, 3.8) is 0 Å². The predicted octanol–water partition coefficient (Wildman–Crippen LogP) is 1.42. The average Bonchev–Trinajstić information content (AvgIpc) is 2.35. The maximum Gasteiger partial charge on any atom is 0.405 e. The van der Waals surface area contributed by atoms with Crippen molar-refractivity contribution in [3.8, 4) is 0 Å². The summed E-state index contributed by atoms with van der Waals surface area (Å²) in [7, 11) is 0. The van der Waals surface area contributed by atoms with Crippen LogP contribution in [0.1, 0.15) is 5.56 Å². The standard InChI is InChI=1S/C11H12F5N3O2/c12-7-3-6(10(17)18-21)4-8(13)9(7)19(1-2-20)5-11(14,15)16/h3-4,20-21H,1-2,5H2,(H2,17,18). The zero-order valence-electron chi connectivity index (χ0n) is 10.5. The van der Waals surface area contributed by atoms with Crippen LogP contribution in [0.3, 0.4) is 0 Å². The number of rotatable bonds is 5. The summed E-state index contributed by atoms with van der Waals surface area (Å²) in [5.41, 5.74) is 3.88. The lowest BCUT2D eigenvalue weighted by molar-refractivity contribution is -0.120. The number of oxime groups is 1. The first-order valence-electron chi connectivity index (χ1n) is 5.59. The summed E-state index contributed by atoms with van der Waals surface area (Å²) in [6.07, 6.45) is -4.71. The number of hydrogen-bond donors (Lipinski definition) is 3. The van der Waals surface area contributed by atoms with Gasteiger partial charge in [0.05, 0.1) is 6.61 Å². The van der Waals surface area contributed by atoms with Gasteiger partial charge in [-0.1, -0.05) is 5.16 Å². The van der Waals surface area contributed by atoms with Gasteiger partial charge in [0.1, 0.15) is 23.9 Å². The second-order valence-electron chi connectivity index (χ2n) is 4.03. The van der Waals surface area contributed by atoms with E-state index in [1.165, 1.54) is 0 Å². The van der Waals surface area contributed by atoms with Crippen molar-refractivity contribution in [2.45, 2.75) is 6.18 Å². The fourth-order valence-corrected chi connectivity index (χ4v) is 1.68. The third kappa shape index (κ3) is 4.45. The Kier molecular flexibility index (Phi) is 5.30. The number of aliphatic hydroxyl groups is 1. The van der Waals surface area contributed by atoms with Crippen LogP contribution in [0.25, 0.3) is 0 Å². The molecule has 0 aliphatic rings. The first-order valence-corrected chi connectivity index (χ1v) is 5.59. The largest absolute Gasteiger partial charge is 0.409 e. The van der Waals surface area contributed by atoms with Crippen molar-refractivity contribution in [2.75, 3.05) is 24.6 Å². The van der Waals surface area contributed by atoms with E-state index in [2.05, 4.69) is 5.16 Å². The van der Waals surface area contributed by atoms with Crippen LogP contribution in [0.15, 0.2) is 17.3 Å². The van der Waals surface area contributed by atoms with Crippen LogP contribution in [0.2, 0.25) is 0 Å². The zero-order valence-corrected chi connectivity index (χ0v) is 10.5. The first kappa shape index (κ1) is 17.0. The van der Waals surface area contributed by atoms with Crippen molar-refractivity contribution in [2.24, 2.45) is 10.9 Å². The molecular weight excluding hydrogens is 301 g/mol. The molecule has 0 bridgehead atoms. The van der Waals surface area contributed by atoms with E-state index in [9.17, 15) is 22.0 Å². The fourth-order valence-electron chi connectivity index (χ4n) is 1.68. The van der Waals surface area contributed by atoms with Gasteiger partial charge in [0.15, 0.2) is 5.84 Å². The second-order valence-corrected chi connectivity index (χ2v) is 4.03. The Labute approximate surface area is 116 Å². The summed E-state index contributed by atoms with van der Waals surface area (Å²) in [5, 5.41) is 19.7. The Morgan fingerprint density at radius 1 is 1.24 bits per heavy atom. The molecular formula is C11H12F5N3O2. The predicted molar refractivity (Wildman–Crippen MR) is 64.2 cm³/mol. The average molecular weight is 313 g/mol. The Morgan fingerprint density at radius 3 is 2.14 bits per heavy atom. The van der Waals surface area contributed by atoms with Gasteiger partial charge in [-0.3, -0.25) is 0 Å². The molecule has 0 aliphatic heterocycles. The van der Waals surface area contributed by atoms with E-state index < -0.39 is 49.0 Å². The Balaban J connectivity index is 3.26. The number of amidine groups is 1. The summed E-state index contributed by atoms with van der Waals surface area (Å²) in [4.78, 5) is 0.320. The number of hydrogen-bond acceptors (Lipinski definition) is 4. The highest BCUT2D eigenvalue weighted by atomic mass is 19.4. The third-order valence-electron chi connectivity index (χ3n) is 2.48. The summed E-state index contributed by atoms with van der Waals surface area (Å²) >= 11 is 0. The van der Waals surface area contributed by atoms with Crippen LogP contribution in [0.5, 0.6) is 0 Å². The Bertz CT molecular complexity index is 510. The van der Waals surface area contributed by atoms with Crippen molar-refractivity contribution in [1.29, 1.82) is 0 Å². The minimum absolute atomic E-state index is 0.320. The van der Waals surface area contributed by atoms with Gasteiger partial charge in [-0.05, 0) is 12.1 Å². The van der Waals surface area contributed by atoms with Gasteiger partial charge in [0.25, 0.3) is 0 Å². The van der Waals surface area contributed by atoms with Gasteiger partial charge < -0.3 is 20.9 Å². The van der Waals surface area contributed by atoms with Crippen LogP contribution in [0, 0.1) is 11.6 Å². The lowest BCUT2D eigenvalue weighted by atomic mass is 10.1. The van der Waals surface area contributed by atoms with Gasteiger partial charge in [0, 0.05) is 12.1 Å². The molecule has 1 rings (SSSR count). The van der Waals surface area contributed by atoms with E-state index in [0.29, 0.717) is 17.0 Å². The van der Waals surface area contributed by atoms with Gasteiger partial charge >= 0.3 is 6.18 Å². The Morgan fingerprint density at radius 2 is 1.76 bits per heavy atom. The normalized spacial score (nSPS) is 12.6. The Hall–Kier alpha value is -2.10. The number of aliphatic hydroxyl groups excluding tert-OH is 1. The molecule has 10 heteroatoms. The van der Waals surface area contributed by atoms with Crippen LogP contribution in [-0.4, -0.2) is 42.0 Å². The van der Waals surface area contributed by atoms with Gasteiger partial charge in [-0.2, -0.15) is 13.2 Å². The highest BCUT2D eigenvalue weighted by Gasteiger charge is 2.33. The minimum atomic E-state index is -4.71. The fraction of sp³-hybridized carbons (Fsp3) is 0.364. The van der Waals surface area contributed by atoms with Gasteiger partial charge in [0.2, 0.25) is 0 Å². The van der Waals surface area contributed by atoms with E-state index in [0.717, 1.165) is 0 Å². The molecule has 0 amide bonds. The molecule has 0 radical (unpaired) electrons. The number of alkyl halides is 3. The monoisotopic (exact) mass is 313 g/mol. The number of anilines is 1. The van der Waals surface area contributed by atoms with Crippen molar-refractivity contribution >= 4 is 11.5 Å². The maximum atomic E-state index is 13.8. The van der Waals surface area contributed by atoms with E-state index in [1.54, 1.807) is 0 Å². The molecule has 1 aromatic carbocycles. The van der Waals surface area contributed by atoms with Crippen LogP contribution in [-0.2, 0) is 0 Å². The molecule has 0 aromatic heterocycles. The summed E-state index contributed by atoms with van der Waals surface area (Å²) < 4.78 is 64.9. The number of benzene rings is 1. The lowest BCUT2D eigenvalue weighted by Crippen LogP contribution is -2.37. The molecule has 0 saturated carbocycles. The van der Waals surface area contributed by atoms with E-state index in [-0.39, 0.29) is 5.56 Å². The summed E-state index contributed by atoms with van der Waals surface area (Å²) in [6.45, 7) is -2.97. The van der Waals surface area contributed by atoms with Gasteiger partial charge in [-0.25, -0.2) is 8.78 Å². The first-order chi connectivity index (χ1) is 9.69. The van der Waals surface area contributed by atoms with Crippen LogP contribution < -0.4 is 10.6 Å². The number of halogens is 5. The smallest absolute Gasteiger partial charge is 0.405 e. The molecule has 4 N–H and O–H groups in total. The van der Waals surface area contributed by atoms with E-state index in [1.807, 2.05) is 0 Å². The second kappa shape index (κ2) is 6.57. The highest BCUT2D eigenvalue weighted by molar-refractivity contribution is 5.97. The molecule has 118 valence electrons. The molecule has 0 heterocycles. The number of nitrogens with zero attached hydrogens (tertiary/aromatic N) is 2. The highest BCUT2D eigenvalue weighted by Crippen LogP contribution is 2.28. The quantitative estimate of drug-likeness (QED) is 0.252. The SMILES string of the molecule is N/C(=N/O)c1cc(F)c(N(CCO)CC(F)(F)F)c(F)c1. The molecule has 0 unspecified atom stereocenters. The summed E-state index contributed by atoms with van der Waals surface area (Å²) in [6, 6.07) is 1.27. The van der Waals surface area contributed by atoms with Crippen LogP contribution >= 0.6 is 0 Å². The molecule has 5 nitrogen and oxygen atoms in total. The number of nitrogens with two attached hydrogens (primary N) is 1. The molecule has 0 fully saturated rings. The molecule has 21 heavy (non-hydrogen) atoms. The molecule has 0 spiro atoms. The minimum Gasteiger partial charge on any atom is -0.409 e. The lowest BCUT2D eigenvalue weighted by Gasteiger charge is -2.26. The molecule has 0 saturated heterocycles. The molecule has 0 aliphatic carbocycles. The molecule has 1 aromatic rings. The topological polar surface area (TPSA) is 82.1 Å². The van der Waals surface area contributed by atoms with Crippen LogP contribution in [0.4, 0.5) is 27.6 Å².